The fourth-order valence-electron chi connectivity index (χ4n) is 3.42. The molecule has 0 aliphatic heterocycles. The second-order valence-electron chi connectivity index (χ2n) is 8.35. The third kappa shape index (κ3) is 5.35. The molecule has 23 heavy (non-hydrogen) atoms. The summed E-state index contributed by atoms with van der Waals surface area (Å²) in [5, 5.41) is 3.52. The predicted molar refractivity (Wildman–Crippen MR) is 99.8 cm³/mol. The summed E-state index contributed by atoms with van der Waals surface area (Å²) in [4.78, 5) is 4.92. The van der Waals surface area contributed by atoms with Crippen LogP contribution in [0.5, 0.6) is 0 Å². The van der Waals surface area contributed by atoms with E-state index < -0.39 is 0 Å². The summed E-state index contributed by atoms with van der Waals surface area (Å²) in [6, 6.07) is 9.02. The Morgan fingerprint density at radius 2 is 1.83 bits per heavy atom. The first kappa shape index (κ1) is 18.0. The Morgan fingerprint density at radius 1 is 1.13 bits per heavy atom. The van der Waals surface area contributed by atoms with Crippen molar-refractivity contribution in [2.75, 3.05) is 6.54 Å². The van der Waals surface area contributed by atoms with Crippen LogP contribution in [-0.2, 0) is 13.0 Å². The van der Waals surface area contributed by atoms with Gasteiger partial charge in [-0.1, -0.05) is 53.7 Å². The van der Waals surface area contributed by atoms with Crippen molar-refractivity contribution in [3.05, 3.63) is 30.1 Å². The van der Waals surface area contributed by atoms with Crippen LogP contribution in [0.15, 0.2) is 24.3 Å². The highest BCUT2D eigenvalue weighted by atomic mass is 15.1. The molecule has 1 aromatic carbocycles. The smallest absolute Gasteiger partial charge is 0.110 e. The number of rotatable bonds is 7. The maximum Gasteiger partial charge on any atom is 0.110 e. The minimum absolute atomic E-state index is 0.370. The van der Waals surface area contributed by atoms with E-state index in [1.807, 2.05) is 0 Å². The van der Waals surface area contributed by atoms with Gasteiger partial charge in [-0.25, -0.2) is 4.98 Å². The first-order valence-corrected chi connectivity index (χ1v) is 8.94. The van der Waals surface area contributed by atoms with Crippen molar-refractivity contribution in [2.45, 2.75) is 67.0 Å². The Morgan fingerprint density at radius 3 is 2.48 bits per heavy atom. The van der Waals surface area contributed by atoms with E-state index in [-0.39, 0.29) is 0 Å². The van der Waals surface area contributed by atoms with Crippen molar-refractivity contribution in [3.8, 4) is 0 Å². The molecule has 1 atom stereocenters. The molecule has 3 heteroatoms. The number of nitrogens with one attached hydrogen (secondary N) is 1. The van der Waals surface area contributed by atoms with Crippen LogP contribution in [0.25, 0.3) is 11.0 Å². The molecule has 2 aromatic rings. The number of aromatic nitrogens is 2. The van der Waals surface area contributed by atoms with E-state index in [2.05, 4.69) is 75.7 Å². The van der Waals surface area contributed by atoms with Gasteiger partial charge in [0.1, 0.15) is 5.82 Å². The van der Waals surface area contributed by atoms with E-state index in [0.717, 1.165) is 25.0 Å². The lowest BCUT2D eigenvalue weighted by molar-refractivity contribution is 0.302. The van der Waals surface area contributed by atoms with E-state index in [1.54, 1.807) is 0 Å². The molecule has 0 radical (unpaired) electrons. The van der Waals surface area contributed by atoms with Gasteiger partial charge < -0.3 is 9.88 Å². The second-order valence-corrected chi connectivity index (χ2v) is 8.35. The molecule has 0 aliphatic carbocycles. The van der Waals surface area contributed by atoms with E-state index in [4.69, 9.17) is 4.98 Å². The lowest BCUT2D eigenvalue weighted by atomic mass is 9.84. The lowest BCUT2D eigenvalue weighted by Gasteiger charge is -2.23. The Kier molecular flexibility index (Phi) is 5.85. The van der Waals surface area contributed by atoms with Crippen molar-refractivity contribution in [1.29, 1.82) is 0 Å². The highest BCUT2D eigenvalue weighted by Gasteiger charge is 2.18. The van der Waals surface area contributed by atoms with Gasteiger partial charge in [0.15, 0.2) is 0 Å². The highest BCUT2D eigenvalue weighted by molar-refractivity contribution is 5.75. The molecule has 128 valence electrons. The van der Waals surface area contributed by atoms with Gasteiger partial charge >= 0.3 is 0 Å². The molecular weight excluding hydrogens is 282 g/mol. The van der Waals surface area contributed by atoms with E-state index in [1.165, 1.54) is 17.8 Å². The van der Waals surface area contributed by atoms with Gasteiger partial charge in [0, 0.05) is 25.6 Å². The van der Waals surface area contributed by atoms with Crippen LogP contribution in [0.1, 0.15) is 53.8 Å². The summed E-state index contributed by atoms with van der Waals surface area (Å²) in [6.45, 7) is 15.7. The first-order valence-electron chi connectivity index (χ1n) is 8.94. The molecule has 0 bridgehead atoms. The van der Waals surface area contributed by atoms with Gasteiger partial charge in [-0.3, -0.25) is 0 Å². The van der Waals surface area contributed by atoms with Crippen molar-refractivity contribution < 1.29 is 0 Å². The van der Waals surface area contributed by atoms with Gasteiger partial charge in [-0.15, -0.1) is 0 Å². The fourth-order valence-corrected chi connectivity index (χ4v) is 3.42. The molecule has 2 rings (SSSR count). The van der Waals surface area contributed by atoms with E-state index in [0.29, 0.717) is 17.4 Å². The summed E-state index contributed by atoms with van der Waals surface area (Å²) in [7, 11) is 0. The number of imidazole rings is 1. The SMILES string of the molecule is CC(Cc1nc2ccccc2n1CCNC(C)C)CC(C)(C)C. The molecule has 0 fully saturated rings. The van der Waals surface area contributed by atoms with Gasteiger partial charge in [0.25, 0.3) is 0 Å². The van der Waals surface area contributed by atoms with Crippen LogP contribution < -0.4 is 5.32 Å². The van der Waals surface area contributed by atoms with Crippen LogP contribution >= 0.6 is 0 Å². The van der Waals surface area contributed by atoms with Gasteiger partial charge in [-0.2, -0.15) is 0 Å². The quantitative estimate of drug-likeness (QED) is 0.806. The zero-order valence-electron chi connectivity index (χ0n) is 15.7. The van der Waals surface area contributed by atoms with Gasteiger partial charge in [0.05, 0.1) is 11.0 Å². The summed E-state index contributed by atoms with van der Waals surface area (Å²) in [6.07, 6.45) is 2.27. The number of para-hydroxylation sites is 2. The van der Waals surface area contributed by atoms with Crippen LogP contribution in [0, 0.1) is 11.3 Å². The first-order chi connectivity index (χ1) is 10.8. The predicted octanol–water partition coefficient (Wildman–Crippen LogP) is 4.65. The molecule has 0 saturated heterocycles. The van der Waals surface area contributed by atoms with Crippen LogP contribution in [0.4, 0.5) is 0 Å². The van der Waals surface area contributed by atoms with E-state index >= 15 is 0 Å². The van der Waals surface area contributed by atoms with Gasteiger partial charge in [0.2, 0.25) is 0 Å². The van der Waals surface area contributed by atoms with Crippen molar-refractivity contribution >= 4 is 11.0 Å². The normalized spacial score (nSPS) is 13.9. The number of nitrogens with zero attached hydrogens (tertiary/aromatic N) is 2. The molecule has 0 amide bonds. The average Bonchev–Trinajstić information content (AvgIpc) is 2.74. The number of hydrogen-bond donors (Lipinski definition) is 1. The maximum absolute atomic E-state index is 4.92. The third-order valence-electron chi connectivity index (χ3n) is 4.11. The Bertz CT molecular complexity index is 619. The average molecular weight is 316 g/mol. The Balaban J connectivity index is 2.20. The molecular formula is C20H33N3. The monoisotopic (exact) mass is 315 g/mol. The zero-order valence-corrected chi connectivity index (χ0v) is 15.7. The Labute approximate surface area is 141 Å². The fraction of sp³-hybridized carbons (Fsp3) is 0.650. The largest absolute Gasteiger partial charge is 0.327 e. The van der Waals surface area contributed by atoms with Gasteiger partial charge in [-0.05, 0) is 29.9 Å². The number of benzene rings is 1. The minimum atomic E-state index is 0.370. The molecule has 1 N–H and O–H groups in total. The maximum atomic E-state index is 4.92. The summed E-state index contributed by atoms with van der Waals surface area (Å²) in [5.41, 5.74) is 2.75. The molecule has 0 spiro atoms. The van der Waals surface area contributed by atoms with E-state index in [9.17, 15) is 0 Å². The lowest BCUT2D eigenvalue weighted by Crippen LogP contribution is -2.27. The number of fused-ring (bicyclic) bond motifs is 1. The van der Waals surface area contributed by atoms with Crippen molar-refractivity contribution in [2.24, 2.45) is 11.3 Å². The molecule has 0 saturated carbocycles. The van der Waals surface area contributed by atoms with Crippen LogP contribution in [0.3, 0.4) is 0 Å². The molecule has 0 aliphatic rings. The summed E-state index contributed by atoms with van der Waals surface area (Å²) < 4.78 is 2.41. The molecule has 1 unspecified atom stereocenters. The standard InChI is InChI=1S/C20H33N3/c1-15(2)21-11-12-23-18-10-8-7-9-17(18)22-19(23)13-16(3)14-20(4,5)6/h7-10,15-16,21H,11-14H2,1-6H3. The summed E-state index contributed by atoms with van der Waals surface area (Å²) in [5.74, 6) is 1.87. The molecule has 1 aromatic heterocycles. The van der Waals surface area contributed by atoms with Crippen LogP contribution in [-0.4, -0.2) is 22.1 Å². The molecule has 1 heterocycles. The Hall–Kier alpha value is -1.35. The zero-order chi connectivity index (χ0) is 17.0. The second kappa shape index (κ2) is 7.48. The topological polar surface area (TPSA) is 29.9 Å². The van der Waals surface area contributed by atoms with Crippen molar-refractivity contribution in [1.82, 2.24) is 14.9 Å². The minimum Gasteiger partial charge on any atom is -0.327 e. The van der Waals surface area contributed by atoms with Crippen LogP contribution in [0.2, 0.25) is 0 Å². The highest BCUT2D eigenvalue weighted by Crippen LogP contribution is 2.27. The molecule has 3 nitrogen and oxygen atoms in total. The third-order valence-corrected chi connectivity index (χ3v) is 4.11. The van der Waals surface area contributed by atoms with Crippen molar-refractivity contribution in [3.63, 3.8) is 0 Å². The summed E-state index contributed by atoms with van der Waals surface area (Å²) >= 11 is 0. The number of hydrogen-bond acceptors (Lipinski definition) is 2.